The third-order valence-electron chi connectivity index (χ3n) is 5.00. The molecule has 1 aliphatic rings. The summed E-state index contributed by atoms with van der Waals surface area (Å²) in [6.45, 7) is 4.96. The van der Waals surface area contributed by atoms with Crippen LogP contribution in [0.1, 0.15) is 31.7 Å². The fourth-order valence-corrected chi connectivity index (χ4v) is 4.09. The van der Waals surface area contributed by atoms with Gasteiger partial charge in [0.05, 0.1) is 17.5 Å². The molecule has 2 rings (SSSR count). The molecule has 0 bridgehead atoms. The minimum atomic E-state index is -4.60. The van der Waals surface area contributed by atoms with Crippen molar-refractivity contribution in [3.63, 3.8) is 0 Å². The van der Waals surface area contributed by atoms with Gasteiger partial charge in [-0.25, -0.2) is 8.42 Å². The van der Waals surface area contributed by atoms with Crippen LogP contribution in [-0.2, 0) is 21.0 Å². The van der Waals surface area contributed by atoms with E-state index in [1.807, 2.05) is 0 Å². The van der Waals surface area contributed by atoms with E-state index in [9.17, 15) is 26.4 Å². The summed E-state index contributed by atoms with van der Waals surface area (Å²) in [7, 11) is -3.93. The second-order valence-corrected chi connectivity index (χ2v) is 9.45. The summed E-state index contributed by atoms with van der Waals surface area (Å²) < 4.78 is 63.5. The van der Waals surface area contributed by atoms with Crippen LogP contribution in [0.3, 0.4) is 0 Å². The average molecular weight is 436 g/mol. The molecule has 0 aromatic heterocycles. The number of alkyl halides is 3. The maximum absolute atomic E-state index is 12.9. The fraction of sp³-hybridized carbons (Fsp3) is 0.632. The minimum absolute atomic E-state index is 0.195. The van der Waals surface area contributed by atoms with Gasteiger partial charge in [-0.3, -0.25) is 9.10 Å². The van der Waals surface area contributed by atoms with E-state index < -0.39 is 34.2 Å². The van der Waals surface area contributed by atoms with Gasteiger partial charge in [-0.05, 0) is 63.0 Å². The topological polar surface area (TPSA) is 69.7 Å². The van der Waals surface area contributed by atoms with Gasteiger partial charge >= 0.3 is 6.18 Å². The number of benzene rings is 1. The molecule has 164 valence electrons. The van der Waals surface area contributed by atoms with Crippen LogP contribution in [0.15, 0.2) is 24.3 Å². The van der Waals surface area contributed by atoms with E-state index in [2.05, 4.69) is 17.1 Å². The molecular weight excluding hydrogens is 407 g/mol. The molecule has 1 aromatic carbocycles. The van der Waals surface area contributed by atoms with Crippen LogP contribution in [0.25, 0.3) is 0 Å². The predicted molar refractivity (Wildman–Crippen MR) is 106 cm³/mol. The zero-order valence-electron chi connectivity index (χ0n) is 16.7. The Bertz CT molecular complexity index is 791. The van der Waals surface area contributed by atoms with Gasteiger partial charge in [0.25, 0.3) is 0 Å². The van der Waals surface area contributed by atoms with Gasteiger partial charge in [0.15, 0.2) is 0 Å². The monoisotopic (exact) mass is 435 g/mol. The van der Waals surface area contributed by atoms with Crippen LogP contribution in [0, 0.1) is 5.92 Å². The van der Waals surface area contributed by atoms with Crippen LogP contribution >= 0.6 is 0 Å². The standard InChI is InChI=1S/C19H28F3N3O3S/c1-15-7-11-24(12-8-15)10-4-9-23-18(26)14-25(29(2,27)28)17-6-3-5-16(13-17)19(20,21)22/h3,5-6,13,15H,4,7-12,14H2,1-2H3,(H,23,26). The highest BCUT2D eigenvalue weighted by atomic mass is 32.2. The molecular formula is C19H28F3N3O3S. The molecule has 29 heavy (non-hydrogen) atoms. The summed E-state index contributed by atoms with van der Waals surface area (Å²) in [5.41, 5.74) is -1.17. The molecule has 0 unspecified atom stereocenters. The Morgan fingerprint density at radius 3 is 2.52 bits per heavy atom. The van der Waals surface area contributed by atoms with Crippen molar-refractivity contribution in [3.05, 3.63) is 29.8 Å². The molecule has 1 fully saturated rings. The van der Waals surface area contributed by atoms with Gasteiger partial charge in [0.2, 0.25) is 15.9 Å². The van der Waals surface area contributed by atoms with Crippen molar-refractivity contribution in [2.75, 3.05) is 43.3 Å². The number of rotatable bonds is 8. The number of amides is 1. The summed E-state index contributed by atoms with van der Waals surface area (Å²) in [6.07, 6.45) is -0.701. The van der Waals surface area contributed by atoms with Crippen LogP contribution in [-0.4, -0.2) is 58.2 Å². The molecule has 0 saturated carbocycles. The molecule has 6 nitrogen and oxygen atoms in total. The van der Waals surface area contributed by atoms with Crippen molar-refractivity contribution in [3.8, 4) is 0 Å². The fourth-order valence-electron chi connectivity index (χ4n) is 3.24. The quantitative estimate of drug-likeness (QED) is 0.638. The predicted octanol–water partition coefficient (Wildman–Crippen LogP) is 2.71. The van der Waals surface area contributed by atoms with Crippen molar-refractivity contribution >= 4 is 21.6 Å². The molecule has 0 spiro atoms. The first kappa shape index (κ1) is 23.5. The van der Waals surface area contributed by atoms with E-state index in [1.54, 1.807) is 0 Å². The lowest BCUT2D eigenvalue weighted by molar-refractivity contribution is -0.137. The highest BCUT2D eigenvalue weighted by Crippen LogP contribution is 2.32. The van der Waals surface area contributed by atoms with Crippen molar-refractivity contribution in [1.29, 1.82) is 0 Å². The van der Waals surface area contributed by atoms with E-state index in [4.69, 9.17) is 0 Å². The number of halogens is 3. The molecule has 0 radical (unpaired) electrons. The van der Waals surface area contributed by atoms with E-state index in [-0.39, 0.29) is 5.69 Å². The number of hydrogen-bond acceptors (Lipinski definition) is 4. The molecule has 1 aliphatic heterocycles. The molecule has 1 aromatic rings. The Morgan fingerprint density at radius 1 is 1.28 bits per heavy atom. The van der Waals surface area contributed by atoms with Crippen molar-refractivity contribution in [1.82, 2.24) is 10.2 Å². The van der Waals surface area contributed by atoms with Crippen molar-refractivity contribution in [2.24, 2.45) is 5.92 Å². The Labute approximate surface area is 170 Å². The van der Waals surface area contributed by atoms with Gasteiger partial charge in [0.1, 0.15) is 6.54 Å². The lowest BCUT2D eigenvalue weighted by Gasteiger charge is -2.30. The van der Waals surface area contributed by atoms with E-state index in [1.165, 1.54) is 6.07 Å². The van der Waals surface area contributed by atoms with E-state index in [0.29, 0.717) is 10.8 Å². The number of sulfonamides is 1. The Kier molecular flexibility index (Phi) is 7.93. The third-order valence-corrected chi connectivity index (χ3v) is 6.14. The number of hydrogen-bond donors (Lipinski definition) is 1. The minimum Gasteiger partial charge on any atom is -0.354 e. The zero-order chi connectivity index (χ0) is 21.7. The molecule has 10 heteroatoms. The maximum Gasteiger partial charge on any atom is 0.416 e. The highest BCUT2D eigenvalue weighted by Gasteiger charge is 2.32. The lowest BCUT2D eigenvalue weighted by Crippen LogP contribution is -2.41. The van der Waals surface area contributed by atoms with Crippen LogP contribution < -0.4 is 9.62 Å². The SMILES string of the molecule is CC1CCN(CCCNC(=O)CN(c2cccc(C(F)(F)F)c2)S(C)(=O)=O)CC1. The van der Waals surface area contributed by atoms with Crippen molar-refractivity contribution in [2.45, 2.75) is 32.4 Å². The second-order valence-electron chi connectivity index (χ2n) is 7.55. The largest absolute Gasteiger partial charge is 0.416 e. The van der Waals surface area contributed by atoms with E-state index >= 15 is 0 Å². The van der Waals surface area contributed by atoms with Gasteiger partial charge in [-0.2, -0.15) is 13.2 Å². The number of anilines is 1. The summed E-state index contributed by atoms with van der Waals surface area (Å²) in [6, 6.07) is 3.94. The number of carbonyl (C=O) groups is 1. The van der Waals surface area contributed by atoms with Crippen molar-refractivity contribution < 1.29 is 26.4 Å². The third kappa shape index (κ3) is 7.50. The maximum atomic E-state index is 12.9. The summed E-state index contributed by atoms with van der Waals surface area (Å²) in [5, 5.41) is 2.65. The number of nitrogens with one attached hydrogen (secondary N) is 1. The molecule has 0 aliphatic carbocycles. The Hall–Kier alpha value is -1.81. The molecule has 1 saturated heterocycles. The van der Waals surface area contributed by atoms with Crippen LogP contribution in [0.2, 0.25) is 0 Å². The molecule has 1 N–H and O–H groups in total. The summed E-state index contributed by atoms with van der Waals surface area (Å²) >= 11 is 0. The van der Waals surface area contributed by atoms with Gasteiger partial charge in [-0.15, -0.1) is 0 Å². The van der Waals surface area contributed by atoms with E-state index in [0.717, 1.165) is 69.3 Å². The number of piperidine rings is 1. The average Bonchev–Trinajstić information content (AvgIpc) is 2.63. The first-order valence-electron chi connectivity index (χ1n) is 9.61. The summed E-state index contributed by atoms with van der Waals surface area (Å²) in [4.78, 5) is 14.5. The molecule has 1 heterocycles. The first-order valence-corrected chi connectivity index (χ1v) is 11.5. The van der Waals surface area contributed by atoms with Gasteiger partial charge in [0, 0.05) is 6.54 Å². The van der Waals surface area contributed by atoms with Gasteiger partial charge < -0.3 is 10.2 Å². The zero-order valence-corrected chi connectivity index (χ0v) is 17.5. The Morgan fingerprint density at radius 2 is 1.93 bits per heavy atom. The molecule has 0 atom stereocenters. The van der Waals surface area contributed by atoms with Crippen LogP contribution in [0.5, 0.6) is 0 Å². The highest BCUT2D eigenvalue weighted by molar-refractivity contribution is 7.92. The number of carbonyl (C=O) groups excluding carboxylic acids is 1. The van der Waals surface area contributed by atoms with Crippen LogP contribution in [0.4, 0.5) is 18.9 Å². The first-order chi connectivity index (χ1) is 13.5. The normalized spacial score (nSPS) is 16.6. The molecule has 1 amide bonds. The lowest BCUT2D eigenvalue weighted by atomic mass is 9.99. The number of likely N-dealkylation sites (tertiary alicyclic amines) is 1. The smallest absolute Gasteiger partial charge is 0.354 e. The second kappa shape index (κ2) is 9.80. The van der Waals surface area contributed by atoms with Gasteiger partial charge in [-0.1, -0.05) is 13.0 Å². The summed E-state index contributed by atoms with van der Waals surface area (Å²) in [5.74, 6) is 0.184. The Balaban J connectivity index is 1.91. The number of nitrogens with zero attached hydrogens (tertiary/aromatic N) is 2.